The van der Waals surface area contributed by atoms with Crippen LogP contribution < -0.4 is 10.1 Å². The summed E-state index contributed by atoms with van der Waals surface area (Å²) in [5.74, 6) is 0.785. The highest BCUT2D eigenvalue weighted by atomic mass is 79.9. The third-order valence-corrected chi connectivity index (χ3v) is 6.86. The minimum absolute atomic E-state index is 0.0348. The molecule has 1 aromatic heterocycles. The molecule has 1 aliphatic heterocycles. The molecule has 0 aliphatic carbocycles. The van der Waals surface area contributed by atoms with Crippen molar-refractivity contribution in [2.45, 2.75) is 17.2 Å². The van der Waals surface area contributed by atoms with E-state index in [1.807, 2.05) is 12.1 Å². The lowest BCUT2D eigenvalue weighted by atomic mass is 10.1. The number of nitrogens with zero attached hydrogens (tertiary/aromatic N) is 1. The van der Waals surface area contributed by atoms with Gasteiger partial charge in [0.15, 0.2) is 14.8 Å². The number of ether oxygens (including phenoxy) is 1. The number of thiophene rings is 1. The van der Waals surface area contributed by atoms with Crippen molar-refractivity contribution in [3.63, 3.8) is 0 Å². The van der Waals surface area contributed by atoms with Crippen LogP contribution in [-0.4, -0.2) is 26.2 Å². The van der Waals surface area contributed by atoms with E-state index in [0.29, 0.717) is 13.2 Å². The number of sulfone groups is 1. The van der Waals surface area contributed by atoms with Gasteiger partial charge in [-0.1, -0.05) is 27.3 Å². The van der Waals surface area contributed by atoms with Crippen LogP contribution in [0.3, 0.4) is 0 Å². The Kier molecular flexibility index (Phi) is 4.54. The highest BCUT2D eigenvalue weighted by molar-refractivity contribution is 9.10. The topological polar surface area (TPSA) is 98.5 Å². The SMILES string of the molecule is CS(=O)(=O)c1cc([N+](=O)[O-])c(NCc2cc(Br)cc3c2OCC3)s1. The predicted octanol–water partition coefficient (Wildman–Crippen LogP) is 3.37. The zero-order valence-corrected chi connectivity index (χ0v) is 15.8. The Bertz CT molecular complexity index is 923. The molecule has 0 unspecified atom stereocenters. The fourth-order valence-electron chi connectivity index (χ4n) is 2.46. The highest BCUT2D eigenvalue weighted by Crippen LogP contribution is 2.38. The van der Waals surface area contributed by atoms with Crippen molar-refractivity contribution in [2.75, 3.05) is 18.2 Å². The first-order chi connectivity index (χ1) is 11.3. The summed E-state index contributed by atoms with van der Waals surface area (Å²) in [6, 6.07) is 4.96. The molecule has 2 heterocycles. The Labute approximate surface area is 150 Å². The molecule has 0 amide bonds. The summed E-state index contributed by atoms with van der Waals surface area (Å²) in [5.41, 5.74) is 1.70. The van der Waals surface area contributed by atoms with Crippen molar-refractivity contribution in [1.29, 1.82) is 0 Å². The van der Waals surface area contributed by atoms with E-state index < -0.39 is 14.8 Å². The summed E-state index contributed by atoms with van der Waals surface area (Å²) < 4.78 is 29.7. The van der Waals surface area contributed by atoms with Gasteiger partial charge in [0.2, 0.25) is 0 Å². The van der Waals surface area contributed by atoms with Crippen molar-refractivity contribution in [1.82, 2.24) is 0 Å². The van der Waals surface area contributed by atoms with Gasteiger partial charge in [0.1, 0.15) is 9.96 Å². The van der Waals surface area contributed by atoms with Gasteiger partial charge >= 0.3 is 5.69 Å². The normalized spacial score (nSPS) is 13.4. The van der Waals surface area contributed by atoms with Crippen LogP contribution >= 0.6 is 27.3 Å². The first-order valence-electron chi connectivity index (χ1n) is 6.92. The molecular formula is C14H13BrN2O5S2. The largest absolute Gasteiger partial charge is 0.493 e. The van der Waals surface area contributed by atoms with Crippen LogP contribution in [0.4, 0.5) is 10.7 Å². The predicted molar refractivity (Wildman–Crippen MR) is 94.8 cm³/mol. The van der Waals surface area contributed by atoms with Crippen molar-refractivity contribution in [3.05, 3.63) is 43.9 Å². The van der Waals surface area contributed by atoms with Gasteiger partial charge in [0, 0.05) is 35.3 Å². The second-order valence-corrected chi connectivity index (χ2v) is 9.52. The van der Waals surface area contributed by atoms with Crippen molar-refractivity contribution in [2.24, 2.45) is 0 Å². The van der Waals surface area contributed by atoms with Gasteiger partial charge in [0.05, 0.1) is 11.5 Å². The summed E-state index contributed by atoms with van der Waals surface area (Å²) in [5, 5.41) is 14.3. The summed E-state index contributed by atoms with van der Waals surface area (Å²) in [7, 11) is -3.50. The molecule has 1 aliphatic rings. The second-order valence-electron chi connectivity index (χ2n) is 5.31. The third-order valence-electron chi connectivity index (χ3n) is 3.52. The Morgan fingerprint density at radius 3 is 2.83 bits per heavy atom. The Morgan fingerprint density at radius 2 is 2.17 bits per heavy atom. The average molecular weight is 433 g/mol. The second kappa shape index (κ2) is 6.34. The molecule has 1 N–H and O–H groups in total. The number of rotatable bonds is 5. The Morgan fingerprint density at radius 1 is 1.42 bits per heavy atom. The quantitative estimate of drug-likeness (QED) is 0.574. The minimum Gasteiger partial charge on any atom is -0.493 e. The average Bonchev–Trinajstić information content (AvgIpc) is 3.10. The first-order valence-corrected chi connectivity index (χ1v) is 10.4. The first kappa shape index (κ1) is 17.2. The zero-order valence-electron chi connectivity index (χ0n) is 12.5. The van der Waals surface area contributed by atoms with Crippen LogP contribution in [0.15, 0.2) is 26.9 Å². The number of hydrogen-bond acceptors (Lipinski definition) is 7. The molecule has 0 saturated carbocycles. The third kappa shape index (κ3) is 3.40. The molecule has 10 heteroatoms. The molecule has 0 spiro atoms. The van der Waals surface area contributed by atoms with Gasteiger partial charge < -0.3 is 10.1 Å². The number of fused-ring (bicyclic) bond motifs is 1. The summed E-state index contributed by atoms with van der Waals surface area (Å²) in [4.78, 5) is 10.6. The summed E-state index contributed by atoms with van der Waals surface area (Å²) in [6.07, 6.45) is 1.85. The van der Waals surface area contributed by atoms with Gasteiger partial charge in [0.25, 0.3) is 0 Å². The fraction of sp³-hybridized carbons (Fsp3) is 0.286. The summed E-state index contributed by atoms with van der Waals surface area (Å²) >= 11 is 4.30. The molecular weight excluding hydrogens is 420 g/mol. The number of anilines is 1. The monoisotopic (exact) mass is 432 g/mol. The van der Waals surface area contributed by atoms with Crippen LogP contribution in [0, 0.1) is 10.1 Å². The standard InChI is InChI=1S/C14H13BrN2O5S2/c1-24(20,21)12-6-11(17(18)19)14(23-12)16-7-9-5-10(15)4-8-2-3-22-13(8)9/h4-6,16H,2-3,7H2,1H3. The molecule has 0 atom stereocenters. The maximum atomic E-state index is 11.6. The van der Waals surface area contributed by atoms with E-state index in [4.69, 9.17) is 4.74 Å². The van der Waals surface area contributed by atoms with Crippen molar-refractivity contribution < 1.29 is 18.1 Å². The highest BCUT2D eigenvalue weighted by Gasteiger charge is 2.24. The van der Waals surface area contributed by atoms with E-state index in [-0.39, 0.29) is 14.9 Å². The van der Waals surface area contributed by atoms with E-state index in [0.717, 1.165) is 51.4 Å². The molecule has 0 bridgehead atoms. The van der Waals surface area contributed by atoms with Crippen LogP contribution in [0.5, 0.6) is 5.75 Å². The molecule has 0 radical (unpaired) electrons. The maximum absolute atomic E-state index is 11.6. The number of benzene rings is 1. The van der Waals surface area contributed by atoms with Crippen LogP contribution in [0.1, 0.15) is 11.1 Å². The van der Waals surface area contributed by atoms with Gasteiger partial charge in [-0.2, -0.15) is 0 Å². The van der Waals surface area contributed by atoms with E-state index in [1.165, 1.54) is 0 Å². The molecule has 0 saturated heterocycles. The molecule has 2 aromatic rings. The van der Waals surface area contributed by atoms with Crippen LogP contribution in [-0.2, 0) is 22.8 Å². The van der Waals surface area contributed by atoms with Gasteiger partial charge in [-0.15, -0.1) is 0 Å². The lowest BCUT2D eigenvalue weighted by Crippen LogP contribution is -2.02. The Hall–Kier alpha value is -1.65. The number of hydrogen-bond donors (Lipinski definition) is 1. The fourth-order valence-corrected chi connectivity index (χ4v) is 4.95. The van der Waals surface area contributed by atoms with Crippen LogP contribution in [0.2, 0.25) is 0 Å². The lowest BCUT2D eigenvalue weighted by Gasteiger charge is -2.10. The molecule has 3 rings (SSSR count). The molecule has 128 valence electrons. The Balaban J connectivity index is 1.90. The zero-order chi connectivity index (χ0) is 17.5. The van der Waals surface area contributed by atoms with Gasteiger partial charge in [-0.3, -0.25) is 10.1 Å². The molecule has 1 aromatic carbocycles. The van der Waals surface area contributed by atoms with E-state index in [9.17, 15) is 18.5 Å². The maximum Gasteiger partial charge on any atom is 0.304 e. The van der Waals surface area contributed by atoms with Crippen LogP contribution in [0.25, 0.3) is 0 Å². The lowest BCUT2D eigenvalue weighted by molar-refractivity contribution is -0.383. The minimum atomic E-state index is -3.50. The number of halogens is 1. The van der Waals surface area contributed by atoms with E-state index in [2.05, 4.69) is 21.2 Å². The van der Waals surface area contributed by atoms with Crippen molar-refractivity contribution in [3.8, 4) is 5.75 Å². The smallest absolute Gasteiger partial charge is 0.304 e. The molecule has 24 heavy (non-hydrogen) atoms. The van der Waals surface area contributed by atoms with E-state index in [1.54, 1.807) is 0 Å². The number of nitrogens with one attached hydrogen (secondary N) is 1. The summed E-state index contributed by atoms with van der Waals surface area (Å²) in [6.45, 7) is 0.905. The van der Waals surface area contributed by atoms with Gasteiger partial charge in [-0.25, -0.2) is 8.42 Å². The number of nitro groups is 1. The van der Waals surface area contributed by atoms with Gasteiger partial charge in [-0.05, 0) is 17.7 Å². The molecule has 0 fully saturated rings. The molecule has 7 nitrogen and oxygen atoms in total. The van der Waals surface area contributed by atoms with E-state index >= 15 is 0 Å². The van der Waals surface area contributed by atoms with Crippen molar-refractivity contribution >= 4 is 47.8 Å².